The van der Waals surface area contributed by atoms with Crippen LogP contribution in [0.5, 0.6) is 0 Å². The van der Waals surface area contributed by atoms with E-state index in [-0.39, 0.29) is 77.8 Å². The largest absolute Gasteiger partial charge is 0.412 e. The Morgan fingerprint density at radius 2 is 0.353 bits per heavy atom. The predicted molar refractivity (Wildman–Crippen MR) is 85.1 cm³/mol. The van der Waals surface area contributed by atoms with Gasteiger partial charge in [0.1, 0.15) is 0 Å². The molecular weight excluding hydrogens is 236 g/mol. The third-order valence-corrected chi connectivity index (χ3v) is 0. The minimum Gasteiger partial charge on any atom is -0.412 e. The molecule has 0 radical (unpaired) electrons. The van der Waals surface area contributed by atoms with Gasteiger partial charge in [-0.25, -0.2) is 0 Å². The van der Waals surface area contributed by atoms with E-state index in [4.69, 9.17) is 31.0 Å². The lowest BCUT2D eigenvalue weighted by molar-refractivity contribution is -0.176. The lowest BCUT2D eigenvalue weighted by Gasteiger charge is -1.25. The van der Waals surface area contributed by atoms with E-state index < -0.39 is 0 Å². The Bertz CT molecular complexity index is 17.0. The first-order valence-electron chi connectivity index (χ1n) is 0.567. The highest BCUT2D eigenvalue weighted by molar-refractivity contribution is 4.07. The van der Waals surface area contributed by atoms with E-state index in [0.717, 1.165) is 0 Å². The highest BCUT2D eigenvalue weighted by Gasteiger charge is 0.748. The Hall–Kier alpha value is -0.640. The van der Waals surface area contributed by atoms with Crippen LogP contribution in [0.2, 0.25) is 0 Å². The molecule has 0 saturated carbocycles. The quantitative estimate of drug-likeness (QED) is 0.381. The van der Waals surface area contributed by atoms with Gasteiger partial charge in [-0.15, -0.1) is 0 Å². The van der Waals surface area contributed by atoms with E-state index in [0.29, 0.717) is 0 Å². The second kappa shape index (κ2) is 7730. The van der Waals surface area contributed by atoms with Crippen LogP contribution in [0.4, 0.5) is 0 Å². The van der Waals surface area contributed by atoms with Crippen LogP contribution in [0.1, 0.15) is 66.8 Å². The molecule has 128 valence electrons. The molecule has 0 heterocycles. The lowest BCUT2D eigenvalue weighted by atomic mass is 12.0. The summed E-state index contributed by atoms with van der Waals surface area (Å²) in [6, 6.07) is 0. The molecule has 0 amide bonds. The lowest BCUT2D eigenvalue weighted by Crippen LogP contribution is -1.29. The Labute approximate surface area is 110 Å². The summed E-state index contributed by atoms with van der Waals surface area (Å²) >= 11 is 0. The van der Waals surface area contributed by atoms with Crippen LogP contribution in [0.25, 0.3) is 0 Å². The van der Waals surface area contributed by atoms with Crippen LogP contribution in [0.15, 0.2) is 0 Å². The summed E-state index contributed by atoms with van der Waals surface area (Å²) in [5.41, 5.74) is 0. The van der Waals surface area contributed by atoms with Crippen molar-refractivity contribution in [3.63, 3.8) is 0 Å². The summed E-state index contributed by atoms with van der Waals surface area (Å²) in [5, 5.41) is 24.0. The van der Waals surface area contributed by atoms with E-state index in [2.05, 4.69) is 0 Å². The van der Waals surface area contributed by atoms with Crippen molar-refractivity contribution in [2.75, 3.05) is 0 Å². The zero-order valence-electron chi connectivity index (χ0n) is 3.61. The standard InChI is InChI=1S/9CH4.2H2O2.O2.2H2O/c;;;;;;;;;3*1-2;;/h9*1H4;2*1-2H;;2*1H2. The third kappa shape index (κ3) is 6690. The molecular formula is C9H44O8. The minimum atomic E-state index is 0. The second-order valence-corrected chi connectivity index (χ2v) is 0. The molecule has 8 N–H and O–H groups in total. The Kier molecular flexibility index (Phi) is 315000. The van der Waals surface area contributed by atoms with E-state index in [9.17, 15) is 0 Å². The number of hydrogen-bond acceptors (Lipinski definition) is 6. The Balaban J connectivity index is -0.000000000500. The van der Waals surface area contributed by atoms with Crippen molar-refractivity contribution < 1.29 is 32.0 Å². The van der Waals surface area contributed by atoms with Crippen molar-refractivity contribution in [2.24, 2.45) is 0 Å². The van der Waals surface area contributed by atoms with Crippen molar-refractivity contribution in [1.82, 2.24) is 0 Å². The van der Waals surface area contributed by atoms with E-state index in [1.54, 1.807) is 0 Å². The van der Waals surface area contributed by atoms with Gasteiger partial charge in [-0.1, -0.05) is 66.8 Å². The van der Waals surface area contributed by atoms with Gasteiger partial charge >= 0.3 is 0 Å². The first-order chi connectivity index (χ1) is 3.00. The van der Waals surface area contributed by atoms with Crippen molar-refractivity contribution in [2.45, 2.75) is 66.8 Å². The van der Waals surface area contributed by atoms with Crippen molar-refractivity contribution in [1.29, 1.82) is 0 Å². The molecule has 0 unspecified atom stereocenters. The van der Waals surface area contributed by atoms with Crippen LogP contribution in [0, 0.1) is 9.93 Å². The molecule has 17 heavy (non-hydrogen) atoms. The molecule has 8 heteroatoms. The molecule has 0 saturated heterocycles. The first-order valence-corrected chi connectivity index (χ1v) is 0.567. The van der Waals surface area contributed by atoms with Crippen molar-refractivity contribution >= 4 is 0 Å². The maximum Gasteiger partial charge on any atom is 0 e. The van der Waals surface area contributed by atoms with Crippen LogP contribution in [0.3, 0.4) is 0 Å². The van der Waals surface area contributed by atoms with Gasteiger partial charge in [-0.3, -0.25) is 21.0 Å². The predicted octanol–water partition coefficient (Wildman–Crippen LogP) is 4.18. The van der Waals surface area contributed by atoms with Gasteiger partial charge in [0.15, 0.2) is 0 Å². The fraction of sp³-hybridized carbons (Fsp3) is 1.00. The van der Waals surface area contributed by atoms with Crippen LogP contribution in [-0.4, -0.2) is 32.0 Å². The second-order valence-electron chi connectivity index (χ2n) is 0. The Morgan fingerprint density at radius 3 is 0.353 bits per heavy atom. The van der Waals surface area contributed by atoms with Crippen LogP contribution < -0.4 is 0 Å². The van der Waals surface area contributed by atoms with Crippen LogP contribution >= 0.6 is 0 Å². The molecule has 0 aliphatic rings. The maximum atomic E-state index is 7.00. The zero-order chi connectivity index (χ0) is 6.00. The van der Waals surface area contributed by atoms with Gasteiger partial charge in [0, 0.05) is 9.93 Å². The zero-order valence-corrected chi connectivity index (χ0v) is 3.61. The summed E-state index contributed by atoms with van der Waals surface area (Å²) in [5.74, 6) is 0. The van der Waals surface area contributed by atoms with Gasteiger partial charge in [0.05, 0.1) is 0 Å². The molecule has 0 bridgehead atoms. The minimum absolute atomic E-state index is 0. The fourth-order valence-corrected chi connectivity index (χ4v) is 0. The normalized spacial score (nSPS) is 0.941. The van der Waals surface area contributed by atoms with E-state index >= 15 is 0 Å². The van der Waals surface area contributed by atoms with Crippen molar-refractivity contribution in [3.8, 4) is 0 Å². The summed E-state index contributed by atoms with van der Waals surface area (Å²) in [4.78, 5) is 14.0. The first kappa shape index (κ1) is 693. The third-order valence-electron chi connectivity index (χ3n) is 0. The average molecular weight is 280 g/mol. The molecule has 0 aromatic heterocycles. The molecule has 0 aliphatic heterocycles. The summed E-state index contributed by atoms with van der Waals surface area (Å²) in [6.45, 7) is 0. The number of hydrogen-bond donors (Lipinski definition) is 4. The SMILES string of the molecule is C.C.C.C.C.C.C.C.C.O.O.O=O.OO.OO. The topological polar surface area (TPSA) is 178 Å². The van der Waals surface area contributed by atoms with E-state index in [1.807, 2.05) is 0 Å². The number of rotatable bonds is 0. The van der Waals surface area contributed by atoms with E-state index in [1.165, 1.54) is 0 Å². The highest BCUT2D eigenvalue weighted by atomic mass is 17.0. The molecule has 0 fully saturated rings. The van der Waals surface area contributed by atoms with Gasteiger partial charge in [0.2, 0.25) is 0 Å². The van der Waals surface area contributed by atoms with Gasteiger partial charge in [-0.2, -0.15) is 0 Å². The van der Waals surface area contributed by atoms with Gasteiger partial charge < -0.3 is 11.0 Å². The molecule has 0 aliphatic carbocycles. The van der Waals surface area contributed by atoms with Gasteiger partial charge in [-0.05, 0) is 0 Å². The molecule has 8 nitrogen and oxygen atoms in total. The molecule has 0 aromatic carbocycles. The highest BCUT2D eigenvalue weighted by Crippen LogP contribution is 0.741. The average Bonchev–Trinajstić information content (AvgIpc) is 1.81. The summed E-state index contributed by atoms with van der Waals surface area (Å²) in [7, 11) is 0. The van der Waals surface area contributed by atoms with Crippen LogP contribution in [-0.2, 0) is 0 Å². The Morgan fingerprint density at radius 1 is 0.353 bits per heavy atom. The molecule has 0 rings (SSSR count). The maximum absolute atomic E-state index is 7.00. The molecule has 0 spiro atoms. The summed E-state index contributed by atoms with van der Waals surface area (Å²) in [6.07, 6.45) is 0. The monoisotopic (exact) mass is 280 g/mol. The smallest absolute Gasteiger partial charge is 0 e. The fourth-order valence-electron chi connectivity index (χ4n) is 0. The van der Waals surface area contributed by atoms with Gasteiger partial charge in [0.25, 0.3) is 0 Å². The summed E-state index contributed by atoms with van der Waals surface area (Å²) < 4.78 is 0. The van der Waals surface area contributed by atoms with Crippen molar-refractivity contribution in [3.05, 3.63) is 9.93 Å². The molecule has 0 atom stereocenters. The molecule has 0 aromatic rings.